The van der Waals surface area contributed by atoms with Gasteiger partial charge >= 0.3 is 17.9 Å². The fourth-order valence-electron chi connectivity index (χ4n) is 3.32. The number of esters is 3. The van der Waals surface area contributed by atoms with Gasteiger partial charge in [0.2, 0.25) is 0 Å². The van der Waals surface area contributed by atoms with Gasteiger partial charge in [0.25, 0.3) is 0 Å². The lowest BCUT2D eigenvalue weighted by Crippen LogP contribution is -2.30. The number of rotatable bonds is 22. The molecule has 0 N–H and O–H groups in total. The molecular formula is C26H48O6. The van der Waals surface area contributed by atoms with Crippen LogP contribution in [0.3, 0.4) is 0 Å². The first-order valence-corrected chi connectivity index (χ1v) is 13.0. The zero-order valence-electron chi connectivity index (χ0n) is 21.0. The van der Waals surface area contributed by atoms with Crippen molar-refractivity contribution in [2.75, 3.05) is 13.2 Å². The Balaban J connectivity index is 4.23. The van der Waals surface area contributed by atoms with Crippen LogP contribution in [0.25, 0.3) is 0 Å². The molecule has 0 amide bonds. The van der Waals surface area contributed by atoms with Crippen molar-refractivity contribution in [3.05, 3.63) is 0 Å². The van der Waals surface area contributed by atoms with E-state index in [1.807, 2.05) is 0 Å². The molecule has 0 unspecified atom stereocenters. The number of hydrogen-bond acceptors (Lipinski definition) is 6. The van der Waals surface area contributed by atoms with Crippen LogP contribution < -0.4 is 0 Å². The summed E-state index contributed by atoms with van der Waals surface area (Å²) < 4.78 is 16.0. The molecule has 0 aliphatic carbocycles. The standard InChI is InChI=1S/C26H48O6/c1-4-7-10-11-12-13-14-17-19-25(28)31-22-23(32-26(29)20-16-9-6-3)21-30-24(27)18-15-8-5-2/h23H,4-22H2,1-3H3/t23-/m0/s1. The Labute approximate surface area is 196 Å². The first-order chi connectivity index (χ1) is 15.5. The molecule has 0 heterocycles. The monoisotopic (exact) mass is 456 g/mol. The van der Waals surface area contributed by atoms with Crippen LogP contribution in [0.15, 0.2) is 0 Å². The number of ether oxygens (including phenoxy) is 3. The summed E-state index contributed by atoms with van der Waals surface area (Å²) >= 11 is 0. The van der Waals surface area contributed by atoms with Crippen molar-refractivity contribution in [1.29, 1.82) is 0 Å². The summed E-state index contributed by atoms with van der Waals surface area (Å²) in [6.45, 7) is 6.20. The molecule has 0 aliphatic rings. The summed E-state index contributed by atoms with van der Waals surface area (Å²) in [4.78, 5) is 36.0. The summed E-state index contributed by atoms with van der Waals surface area (Å²) in [6, 6.07) is 0. The Kier molecular flexibility index (Phi) is 21.5. The van der Waals surface area contributed by atoms with Crippen molar-refractivity contribution in [2.45, 2.75) is 136 Å². The predicted molar refractivity (Wildman–Crippen MR) is 127 cm³/mol. The molecule has 0 saturated carbocycles. The number of unbranched alkanes of at least 4 members (excludes halogenated alkanes) is 11. The molecule has 32 heavy (non-hydrogen) atoms. The molecule has 0 rings (SSSR count). The third-order valence-electron chi connectivity index (χ3n) is 5.36. The second-order valence-corrected chi connectivity index (χ2v) is 8.62. The molecule has 0 spiro atoms. The van der Waals surface area contributed by atoms with Crippen LogP contribution in [-0.4, -0.2) is 37.2 Å². The maximum atomic E-state index is 12.1. The van der Waals surface area contributed by atoms with Gasteiger partial charge in [-0.3, -0.25) is 14.4 Å². The number of carbonyl (C=O) groups excluding carboxylic acids is 3. The molecule has 188 valence electrons. The highest BCUT2D eigenvalue weighted by atomic mass is 16.6. The normalized spacial score (nSPS) is 11.7. The first kappa shape index (κ1) is 30.4. The molecule has 6 heteroatoms. The van der Waals surface area contributed by atoms with Gasteiger partial charge < -0.3 is 14.2 Å². The average Bonchev–Trinajstić information content (AvgIpc) is 2.77. The maximum absolute atomic E-state index is 12.1. The van der Waals surface area contributed by atoms with Crippen LogP contribution in [0.2, 0.25) is 0 Å². The summed E-state index contributed by atoms with van der Waals surface area (Å²) in [5.41, 5.74) is 0. The zero-order chi connectivity index (χ0) is 23.9. The Morgan fingerprint density at radius 1 is 0.500 bits per heavy atom. The van der Waals surface area contributed by atoms with Crippen LogP contribution in [0, 0.1) is 0 Å². The van der Waals surface area contributed by atoms with Crippen LogP contribution in [0.5, 0.6) is 0 Å². The summed E-state index contributed by atoms with van der Waals surface area (Å²) in [5, 5.41) is 0. The fourth-order valence-corrected chi connectivity index (χ4v) is 3.32. The lowest BCUT2D eigenvalue weighted by Gasteiger charge is -2.18. The van der Waals surface area contributed by atoms with Crippen LogP contribution in [0.4, 0.5) is 0 Å². The van der Waals surface area contributed by atoms with Crippen LogP contribution in [0.1, 0.15) is 130 Å². The summed E-state index contributed by atoms with van der Waals surface area (Å²) in [6.07, 6.45) is 15.1. The lowest BCUT2D eigenvalue weighted by atomic mass is 10.1. The first-order valence-electron chi connectivity index (χ1n) is 13.0. The number of carbonyl (C=O) groups is 3. The molecule has 0 aromatic carbocycles. The van der Waals surface area contributed by atoms with Gasteiger partial charge in [0.05, 0.1) is 0 Å². The Hall–Kier alpha value is -1.59. The molecule has 0 fully saturated rings. The van der Waals surface area contributed by atoms with E-state index in [0.29, 0.717) is 19.3 Å². The van der Waals surface area contributed by atoms with E-state index in [-0.39, 0.29) is 31.1 Å². The maximum Gasteiger partial charge on any atom is 0.306 e. The van der Waals surface area contributed by atoms with Gasteiger partial charge in [0.15, 0.2) is 6.10 Å². The van der Waals surface area contributed by atoms with Gasteiger partial charge in [-0.15, -0.1) is 0 Å². The Bertz CT molecular complexity index is 477. The topological polar surface area (TPSA) is 78.9 Å². The molecule has 0 aliphatic heterocycles. The lowest BCUT2D eigenvalue weighted by molar-refractivity contribution is -0.167. The van der Waals surface area contributed by atoms with Gasteiger partial charge in [0.1, 0.15) is 13.2 Å². The minimum absolute atomic E-state index is 0.0718. The van der Waals surface area contributed by atoms with Gasteiger partial charge in [0, 0.05) is 19.3 Å². The van der Waals surface area contributed by atoms with Crippen LogP contribution in [-0.2, 0) is 28.6 Å². The highest BCUT2D eigenvalue weighted by molar-refractivity contribution is 5.71. The van der Waals surface area contributed by atoms with Gasteiger partial charge in [-0.05, 0) is 19.3 Å². The van der Waals surface area contributed by atoms with E-state index >= 15 is 0 Å². The van der Waals surface area contributed by atoms with E-state index in [1.165, 1.54) is 32.1 Å². The average molecular weight is 457 g/mol. The number of hydrogen-bond donors (Lipinski definition) is 0. The van der Waals surface area contributed by atoms with Crippen molar-refractivity contribution in [3.8, 4) is 0 Å². The van der Waals surface area contributed by atoms with Gasteiger partial charge in [-0.25, -0.2) is 0 Å². The smallest absolute Gasteiger partial charge is 0.306 e. The van der Waals surface area contributed by atoms with E-state index in [4.69, 9.17) is 14.2 Å². The summed E-state index contributed by atoms with van der Waals surface area (Å²) in [7, 11) is 0. The van der Waals surface area contributed by atoms with Crippen molar-refractivity contribution in [2.24, 2.45) is 0 Å². The summed E-state index contributed by atoms with van der Waals surface area (Å²) in [5.74, 6) is -0.947. The van der Waals surface area contributed by atoms with E-state index in [9.17, 15) is 14.4 Å². The van der Waals surface area contributed by atoms with Crippen molar-refractivity contribution in [3.63, 3.8) is 0 Å². The van der Waals surface area contributed by atoms with E-state index in [2.05, 4.69) is 20.8 Å². The Morgan fingerprint density at radius 3 is 1.31 bits per heavy atom. The highest BCUT2D eigenvalue weighted by Crippen LogP contribution is 2.11. The fraction of sp³-hybridized carbons (Fsp3) is 0.885. The minimum atomic E-state index is -0.748. The largest absolute Gasteiger partial charge is 0.462 e. The molecule has 1 atom stereocenters. The van der Waals surface area contributed by atoms with E-state index in [1.54, 1.807) is 0 Å². The van der Waals surface area contributed by atoms with E-state index in [0.717, 1.165) is 57.8 Å². The van der Waals surface area contributed by atoms with Crippen molar-refractivity contribution >= 4 is 17.9 Å². The third-order valence-corrected chi connectivity index (χ3v) is 5.36. The zero-order valence-corrected chi connectivity index (χ0v) is 21.0. The van der Waals surface area contributed by atoms with Crippen molar-refractivity contribution in [1.82, 2.24) is 0 Å². The molecule has 0 bridgehead atoms. The second-order valence-electron chi connectivity index (χ2n) is 8.62. The highest BCUT2D eigenvalue weighted by Gasteiger charge is 2.19. The molecule has 0 saturated heterocycles. The van der Waals surface area contributed by atoms with Gasteiger partial charge in [-0.1, -0.05) is 91.4 Å². The molecule has 0 radical (unpaired) electrons. The van der Waals surface area contributed by atoms with Crippen LogP contribution >= 0.6 is 0 Å². The minimum Gasteiger partial charge on any atom is -0.462 e. The molecular weight excluding hydrogens is 408 g/mol. The quantitative estimate of drug-likeness (QED) is 0.103. The van der Waals surface area contributed by atoms with E-state index < -0.39 is 6.10 Å². The SMILES string of the molecule is CCCCCCCCCCC(=O)OC[C@H](COC(=O)CCCCC)OC(=O)CCCCC. The van der Waals surface area contributed by atoms with Gasteiger partial charge in [-0.2, -0.15) is 0 Å². The molecule has 0 aromatic rings. The Morgan fingerprint density at radius 2 is 0.844 bits per heavy atom. The third kappa shape index (κ3) is 20.3. The van der Waals surface area contributed by atoms with Crippen molar-refractivity contribution < 1.29 is 28.6 Å². The predicted octanol–water partition coefficient (Wildman–Crippen LogP) is 6.68. The molecule has 0 aromatic heterocycles. The second kappa shape index (κ2) is 22.6. The molecule has 6 nitrogen and oxygen atoms in total.